The number of pyridine rings is 1. The highest BCUT2D eigenvalue weighted by Gasteiger charge is 2.15. The molecule has 0 atom stereocenters. The number of nitrogens with zero attached hydrogens (tertiary/aromatic N) is 1. The van der Waals surface area contributed by atoms with Gasteiger partial charge in [0.1, 0.15) is 0 Å². The third kappa shape index (κ3) is 3.29. The molecule has 1 N–H and O–H groups in total. The van der Waals surface area contributed by atoms with E-state index in [0.29, 0.717) is 11.1 Å². The lowest BCUT2D eigenvalue weighted by atomic mass is 9.93. The van der Waals surface area contributed by atoms with E-state index in [1.54, 1.807) is 30.6 Å². The molecule has 2 aromatic carbocycles. The Morgan fingerprint density at radius 2 is 1.67 bits per heavy atom. The van der Waals surface area contributed by atoms with Gasteiger partial charge in [0.2, 0.25) is 0 Å². The summed E-state index contributed by atoms with van der Waals surface area (Å²) in [5.74, 6) is 1.57. The molecule has 0 aliphatic heterocycles. The summed E-state index contributed by atoms with van der Waals surface area (Å²) in [6.07, 6.45) is 8.99. The highest BCUT2D eigenvalue weighted by molar-refractivity contribution is 5.99. The van der Waals surface area contributed by atoms with Crippen molar-refractivity contribution in [3.05, 3.63) is 90.3 Å². The molecule has 27 heavy (non-hydrogen) atoms. The van der Waals surface area contributed by atoms with Gasteiger partial charge in [-0.15, -0.1) is 6.42 Å². The summed E-state index contributed by atoms with van der Waals surface area (Å²) in [7, 11) is 0. The van der Waals surface area contributed by atoms with Gasteiger partial charge in [-0.05, 0) is 52.4 Å². The van der Waals surface area contributed by atoms with Gasteiger partial charge in [0.15, 0.2) is 0 Å². The first-order valence-corrected chi connectivity index (χ1v) is 8.45. The molecule has 3 nitrogen and oxygen atoms in total. The third-order valence-electron chi connectivity index (χ3n) is 4.49. The maximum Gasteiger partial charge on any atom is 0.336 e. The van der Waals surface area contributed by atoms with Gasteiger partial charge in [-0.1, -0.05) is 42.3 Å². The Kier molecular flexibility index (Phi) is 4.16. The highest BCUT2D eigenvalue weighted by atomic mass is 16.4. The number of carboxylic acids is 1. The second-order valence-electron chi connectivity index (χ2n) is 6.20. The predicted octanol–water partition coefficient (Wildman–Crippen LogP) is 5.25. The Morgan fingerprint density at radius 3 is 2.30 bits per heavy atom. The molecule has 2 aliphatic rings. The summed E-state index contributed by atoms with van der Waals surface area (Å²) < 4.78 is 0. The van der Waals surface area contributed by atoms with E-state index in [4.69, 9.17) is 6.42 Å². The van der Waals surface area contributed by atoms with Gasteiger partial charge in [0, 0.05) is 28.9 Å². The highest BCUT2D eigenvalue weighted by Crippen LogP contribution is 2.32. The first-order valence-electron chi connectivity index (χ1n) is 8.45. The molecule has 0 saturated heterocycles. The van der Waals surface area contributed by atoms with Crippen LogP contribution in [0.5, 0.6) is 0 Å². The smallest absolute Gasteiger partial charge is 0.336 e. The quantitative estimate of drug-likeness (QED) is 0.443. The molecule has 3 heteroatoms. The average Bonchev–Trinajstić information content (AvgIpc) is 3.31. The molecule has 0 radical (unpaired) electrons. The van der Waals surface area contributed by atoms with Crippen LogP contribution in [0.1, 0.15) is 15.9 Å². The van der Waals surface area contributed by atoms with Crippen molar-refractivity contribution in [2.45, 2.75) is 0 Å². The van der Waals surface area contributed by atoms with Crippen LogP contribution in [0.15, 0.2) is 79.1 Å². The standard InChI is InChI=1S/C18H11NO2.C6H4/c1-2-12-4-3-5-16(18(20)21)17(12)14-6-7-15-11-19-9-8-13(15)10-14;1-2-5-4-6(5)3-1/h1,3-11H,(H,20,21);1-4H. The van der Waals surface area contributed by atoms with E-state index < -0.39 is 5.97 Å². The Bertz CT molecular complexity index is 1200. The maximum atomic E-state index is 11.4. The minimum Gasteiger partial charge on any atom is -0.478 e. The normalized spacial score (nSPS) is 10.5. The number of aromatic carboxylic acids is 1. The maximum absolute atomic E-state index is 11.4. The number of terminal acetylenes is 1. The topological polar surface area (TPSA) is 50.2 Å². The lowest BCUT2D eigenvalue weighted by Gasteiger charge is -2.10. The fourth-order valence-corrected chi connectivity index (χ4v) is 3.08. The van der Waals surface area contributed by atoms with Gasteiger partial charge in [0.05, 0.1) is 5.56 Å². The summed E-state index contributed by atoms with van der Waals surface area (Å²) in [5.41, 5.74) is 5.00. The summed E-state index contributed by atoms with van der Waals surface area (Å²) in [4.78, 5) is 15.5. The van der Waals surface area contributed by atoms with Crippen molar-refractivity contribution in [1.82, 2.24) is 4.98 Å². The van der Waals surface area contributed by atoms with Crippen molar-refractivity contribution in [3.63, 3.8) is 0 Å². The Balaban J connectivity index is 0.000000250. The number of carboxylic acid groups (broad SMARTS) is 1. The Hall–Kier alpha value is -3.90. The van der Waals surface area contributed by atoms with E-state index in [0.717, 1.165) is 16.3 Å². The lowest BCUT2D eigenvalue weighted by molar-refractivity contribution is 0.0697. The number of hydrogen-bond donors (Lipinski definition) is 1. The molecule has 1 aromatic heterocycles. The van der Waals surface area contributed by atoms with Crippen LogP contribution in [-0.4, -0.2) is 16.1 Å². The summed E-state index contributed by atoms with van der Waals surface area (Å²) >= 11 is 0. The Labute approximate surface area is 156 Å². The van der Waals surface area contributed by atoms with Crippen LogP contribution in [0.3, 0.4) is 0 Å². The molecule has 128 valence electrons. The summed E-state index contributed by atoms with van der Waals surface area (Å²) in [5, 5.41) is 11.4. The van der Waals surface area contributed by atoms with E-state index in [2.05, 4.69) is 35.2 Å². The van der Waals surface area contributed by atoms with Crippen LogP contribution in [0.25, 0.3) is 33.0 Å². The van der Waals surface area contributed by atoms with E-state index in [-0.39, 0.29) is 5.56 Å². The molecule has 0 fully saturated rings. The molecular weight excluding hydrogens is 334 g/mol. The van der Waals surface area contributed by atoms with Gasteiger partial charge >= 0.3 is 5.97 Å². The van der Waals surface area contributed by atoms with Crippen molar-refractivity contribution in [3.8, 4) is 34.6 Å². The zero-order chi connectivity index (χ0) is 18.8. The van der Waals surface area contributed by atoms with Crippen LogP contribution < -0.4 is 0 Å². The number of fused-ring (bicyclic) bond motifs is 2. The first kappa shape index (κ1) is 16.6. The number of rotatable bonds is 2. The zero-order valence-electron chi connectivity index (χ0n) is 14.4. The van der Waals surface area contributed by atoms with Gasteiger partial charge in [0.25, 0.3) is 0 Å². The van der Waals surface area contributed by atoms with Crippen LogP contribution in [-0.2, 0) is 0 Å². The molecule has 5 rings (SSSR count). The van der Waals surface area contributed by atoms with E-state index >= 15 is 0 Å². The second kappa shape index (κ2) is 6.78. The third-order valence-corrected chi connectivity index (χ3v) is 4.49. The van der Waals surface area contributed by atoms with Crippen molar-refractivity contribution in [1.29, 1.82) is 0 Å². The fraction of sp³-hybridized carbons (Fsp3) is 0. The zero-order valence-corrected chi connectivity index (χ0v) is 14.4. The summed E-state index contributed by atoms with van der Waals surface area (Å²) in [6, 6.07) is 21.1. The molecule has 1 heterocycles. The van der Waals surface area contributed by atoms with E-state index in [1.807, 2.05) is 24.3 Å². The molecule has 0 spiro atoms. The predicted molar refractivity (Wildman–Crippen MR) is 108 cm³/mol. The van der Waals surface area contributed by atoms with Gasteiger partial charge in [-0.25, -0.2) is 4.79 Å². The number of benzene rings is 3. The molecule has 0 unspecified atom stereocenters. The summed E-state index contributed by atoms with van der Waals surface area (Å²) in [6.45, 7) is 0. The lowest BCUT2D eigenvalue weighted by Crippen LogP contribution is -2.01. The van der Waals surface area contributed by atoms with E-state index in [9.17, 15) is 9.90 Å². The second-order valence-corrected chi connectivity index (χ2v) is 6.20. The monoisotopic (exact) mass is 349 g/mol. The van der Waals surface area contributed by atoms with Crippen molar-refractivity contribution in [2.75, 3.05) is 0 Å². The number of hydrogen-bond acceptors (Lipinski definition) is 2. The number of carbonyl (C=O) groups is 1. The first-order chi connectivity index (χ1) is 13.2. The van der Waals surface area contributed by atoms with Crippen LogP contribution >= 0.6 is 0 Å². The minimum absolute atomic E-state index is 0.207. The van der Waals surface area contributed by atoms with Gasteiger partial charge in [-0.2, -0.15) is 0 Å². The molecular formula is C24H15NO2. The van der Waals surface area contributed by atoms with Gasteiger partial charge in [-0.3, -0.25) is 4.98 Å². The van der Waals surface area contributed by atoms with Crippen molar-refractivity contribution >= 4 is 16.7 Å². The SMILES string of the molecule is C#Cc1cccc(C(=O)O)c1-c1ccc2cnccc2c1.c1cc2cc-2c1. The number of aromatic nitrogens is 1. The molecule has 2 aliphatic carbocycles. The van der Waals surface area contributed by atoms with Gasteiger partial charge < -0.3 is 5.11 Å². The average molecular weight is 349 g/mol. The molecule has 0 saturated carbocycles. The van der Waals surface area contributed by atoms with Crippen LogP contribution in [0.2, 0.25) is 0 Å². The largest absolute Gasteiger partial charge is 0.478 e. The van der Waals surface area contributed by atoms with Crippen LogP contribution in [0, 0.1) is 12.3 Å². The minimum atomic E-state index is -0.989. The molecule has 0 amide bonds. The fourth-order valence-electron chi connectivity index (χ4n) is 3.08. The molecule has 0 bridgehead atoms. The van der Waals surface area contributed by atoms with E-state index in [1.165, 1.54) is 11.1 Å². The van der Waals surface area contributed by atoms with Crippen LogP contribution in [0.4, 0.5) is 0 Å². The van der Waals surface area contributed by atoms with Crippen molar-refractivity contribution < 1.29 is 9.90 Å². The van der Waals surface area contributed by atoms with Crippen molar-refractivity contribution in [2.24, 2.45) is 0 Å². The Morgan fingerprint density at radius 1 is 0.889 bits per heavy atom. The molecule has 3 aromatic rings.